The lowest BCUT2D eigenvalue weighted by Gasteiger charge is -2.13. The number of hydrogen-bond donors (Lipinski definition) is 0. The molecule has 1 atom stereocenters. The van der Waals surface area contributed by atoms with E-state index >= 15 is 0 Å². The van der Waals surface area contributed by atoms with E-state index < -0.39 is 0 Å². The van der Waals surface area contributed by atoms with Gasteiger partial charge in [0.1, 0.15) is 11.9 Å². The fraction of sp³-hybridized carbons (Fsp3) is 0.357. The number of ether oxygens (including phenoxy) is 2. The molecule has 0 radical (unpaired) electrons. The molecular formula is C14H14Cl2O3. The van der Waals surface area contributed by atoms with Gasteiger partial charge in [-0.15, -0.1) is 0 Å². The highest BCUT2D eigenvalue weighted by molar-refractivity contribution is 6.35. The molecule has 1 unspecified atom stereocenters. The van der Waals surface area contributed by atoms with Gasteiger partial charge in [-0.05, 0) is 25.5 Å². The number of carbonyl (C=O) groups excluding carboxylic acids is 1. The van der Waals surface area contributed by atoms with Crippen LogP contribution in [-0.4, -0.2) is 12.6 Å². The summed E-state index contributed by atoms with van der Waals surface area (Å²) in [6, 6.07) is 5.32. The first kappa shape index (κ1) is 14.2. The van der Waals surface area contributed by atoms with Crippen molar-refractivity contribution in [2.75, 3.05) is 6.61 Å². The Morgan fingerprint density at radius 2 is 2.32 bits per heavy atom. The van der Waals surface area contributed by atoms with Gasteiger partial charge in [0.2, 0.25) is 0 Å². The zero-order valence-electron chi connectivity index (χ0n) is 10.5. The van der Waals surface area contributed by atoms with E-state index in [-0.39, 0.29) is 12.1 Å². The van der Waals surface area contributed by atoms with Crippen LogP contribution in [-0.2, 0) is 14.3 Å². The molecule has 19 heavy (non-hydrogen) atoms. The minimum Gasteiger partial charge on any atom is -0.490 e. The van der Waals surface area contributed by atoms with Crippen LogP contribution in [0.2, 0.25) is 10.0 Å². The van der Waals surface area contributed by atoms with Crippen LogP contribution in [0.15, 0.2) is 30.0 Å². The van der Waals surface area contributed by atoms with Gasteiger partial charge >= 0.3 is 5.97 Å². The van der Waals surface area contributed by atoms with Crippen LogP contribution < -0.4 is 0 Å². The highest BCUT2D eigenvalue weighted by Gasteiger charge is 2.25. The summed E-state index contributed by atoms with van der Waals surface area (Å²) < 4.78 is 10.6. The predicted octanol–water partition coefficient (Wildman–Crippen LogP) is 4.29. The van der Waals surface area contributed by atoms with Gasteiger partial charge in [-0.3, -0.25) is 0 Å². The molecule has 1 aliphatic rings. The third-order valence-corrected chi connectivity index (χ3v) is 3.38. The Morgan fingerprint density at radius 3 is 3.00 bits per heavy atom. The number of rotatable bonds is 3. The van der Waals surface area contributed by atoms with Crippen LogP contribution in [0.25, 0.3) is 0 Å². The van der Waals surface area contributed by atoms with Gasteiger partial charge in [-0.1, -0.05) is 29.3 Å². The standard InChI is InChI=1S/C14H14Cl2O3/c1-2-18-14(17)8-10-4-6-13(19-10)11-5-3-9(15)7-12(11)16/h3,5,7-8,13H,2,4,6H2,1H3/b10-8+. The summed E-state index contributed by atoms with van der Waals surface area (Å²) >= 11 is 12.0. The summed E-state index contributed by atoms with van der Waals surface area (Å²) in [4.78, 5) is 11.3. The predicted molar refractivity (Wildman–Crippen MR) is 74.2 cm³/mol. The fourth-order valence-corrected chi connectivity index (χ4v) is 2.51. The topological polar surface area (TPSA) is 35.5 Å². The minimum atomic E-state index is -0.375. The second kappa shape index (κ2) is 6.31. The Kier molecular flexibility index (Phi) is 4.72. The maximum Gasteiger partial charge on any atom is 0.334 e. The van der Waals surface area contributed by atoms with E-state index in [2.05, 4.69) is 0 Å². The SMILES string of the molecule is CCOC(=O)/C=C1\CCC(c2ccc(Cl)cc2Cl)O1. The van der Waals surface area contributed by atoms with Crippen molar-refractivity contribution >= 4 is 29.2 Å². The lowest BCUT2D eigenvalue weighted by Crippen LogP contribution is -2.01. The van der Waals surface area contributed by atoms with E-state index in [1.54, 1.807) is 19.1 Å². The summed E-state index contributed by atoms with van der Waals surface area (Å²) in [6.07, 6.45) is 2.74. The molecular weight excluding hydrogens is 287 g/mol. The molecule has 102 valence electrons. The molecule has 1 aliphatic heterocycles. The van der Waals surface area contributed by atoms with Crippen LogP contribution in [0.4, 0.5) is 0 Å². The number of esters is 1. The van der Waals surface area contributed by atoms with Gasteiger partial charge in [-0.2, -0.15) is 0 Å². The Hall–Kier alpha value is -1.19. The largest absolute Gasteiger partial charge is 0.490 e. The lowest BCUT2D eigenvalue weighted by molar-refractivity contribution is -0.137. The first-order valence-corrected chi connectivity index (χ1v) is 6.84. The Balaban J connectivity index is 2.07. The molecule has 1 saturated heterocycles. The van der Waals surface area contributed by atoms with E-state index in [9.17, 15) is 4.79 Å². The summed E-state index contributed by atoms with van der Waals surface area (Å²) in [5.41, 5.74) is 0.887. The second-order valence-corrected chi connectivity index (χ2v) is 5.02. The maximum absolute atomic E-state index is 11.3. The van der Waals surface area contributed by atoms with Crippen molar-refractivity contribution in [2.24, 2.45) is 0 Å². The molecule has 0 saturated carbocycles. The number of hydrogen-bond acceptors (Lipinski definition) is 3. The van der Waals surface area contributed by atoms with Crippen molar-refractivity contribution in [1.82, 2.24) is 0 Å². The zero-order chi connectivity index (χ0) is 13.8. The molecule has 0 bridgehead atoms. The first-order chi connectivity index (χ1) is 9.10. The minimum absolute atomic E-state index is 0.134. The average molecular weight is 301 g/mol. The van der Waals surface area contributed by atoms with Crippen molar-refractivity contribution in [3.8, 4) is 0 Å². The Morgan fingerprint density at radius 1 is 1.53 bits per heavy atom. The fourth-order valence-electron chi connectivity index (χ4n) is 1.98. The molecule has 0 spiro atoms. The summed E-state index contributed by atoms with van der Waals surface area (Å²) in [5, 5.41) is 1.17. The Bertz CT molecular complexity index is 511. The van der Waals surface area contributed by atoms with Crippen LogP contribution >= 0.6 is 23.2 Å². The zero-order valence-corrected chi connectivity index (χ0v) is 12.0. The number of carbonyl (C=O) groups is 1. The molecule has 1 fully saturated rings. The number of benzene rings is 1. The van der Waals surface area contributed by atoms with Crippen LogP contribution in [0.5, 0.6) is 0 Å². The second-order valence-electron chi connectivity index (χ2n) is 4.17. The van der Waals surface area contributed by atoms with E-state index in [1.807, 2.05) is 6.07 Å². The molecule has 1 aromatic carbocycles. The molecule has 0 amide bonds. The summed E-state index contributed by atoms with van der Waals surface area (Å²) in [6.45, 7) is 2.12. The Labute approximate surface area is 122 Å². The third-order valence-electron chi connectivity index (χ3n) is 2.82. The van der Waals surface area contributed by atoms with Gasteiger partial charge in [-0.25, -0.2) is 4.79 Å². The summed E-state index contributed by atoms with van der Waals surface area (Å²) in [7, 11) is 0. The third kappa shape index (κ3) is 3.64. The first-order valence-electron chi connectivity index (χ1n) is 6.09. The molecule has 1 aromatic rings. The molecule has 2 rings (SSSR count). The van der Waals surface area contributed by atoms with Crippen molar-refractivity contribution in [1.29, 1.82) is 0 Å². The number of allylic oxidation sites excluding steroid dienone is 1. The van der Waals surface area contributed by atoms with Crippen molar-refractivity contribution in [2.45, 2.75) is 25.9 Å². The van der Waals surface area contributed by atoms with Crippen molar-refractivity contribution in [3.05, 3.63) is 45.6 Å². The van der Waals surface area contributed by atoms with Gasteiger partial charge < -0.3 is 9.47 Å². The van der Waals surface area contributed by atoms with Gasteiger partial charge in [0.05, 0.1) is 12.7 Å². The van der Waals surface area contributed by atoms with Crippen LogP contribution in [0.1, 0.15) is 31.4 Å². The van der Waals surface area contributed by atoms with Crippen LogP contribution in [0.3, 0.4) is 0 Å². The molecule has 0 aliphatic carbocycles. The van der Waals surface area contributed by atoms with Crippen molar-refractivity contribution in [3.63, 3.8) is 0 Å². The highest BCUT2D eigenvalue weighted by atomic mass is 35.5. The molecule has 3 nitrogen and oxygen atoms in total. The monoisotopic (exact) mass is 300 g/mol. The highest BCUT2D eigenvalue weighted by Crippen LogP contribution is 2.38. The maximum atomic E-state index is 11.3. The smallest absolute Gasteiger partial charge is 0.334 e. The van der Waals surface area contributed by atoms with Crippen LogP contribution in [0, 0.1) is 0 Å². The molecule has 5 heteroatoms. The summed E-state index contributed by atoms with van der Waals surface area (Å²) in [5.74, 6) is 0.259. The average Bonchev–Trinajstić information content (AvgIpc) is 2.77. The molecule has 1 heterocycles. The molecule has 0 N–H and O–H groups in total. The van der Waals surface area contributed by atoms with E-state index in [1.165, 1.54) is 6.08 Å². The van der Waals surface area contributed by atoms with Gasteiger partial charge in [0.15, 0.2) is 0 Å². The van der Waals surface area contributed by atoms with Gasteiger partial charge in [0, 0.05) is 22.0 Å². The van der Waals surface area contributed by atoms with Crippen molar-refractivity contribution < 1.29 is 14.3 Å². The number of halogens is 2. The normalized spacial score (nSPS) is 20.4. The van der Waals surface area contributed by atoms with E-state index in [0.29, 0.717) is 28.8 Å². The van der Waals surface area contributed by atoms with E-state index in [4.69, 9.17) is 32.7 Å². The molecule has 0 aromatic heterocycles. The van der Waals surface area contributed by atoms with E-state index in [0.717, 1.165) is 12.0 Å². The quantitative estimate of drug-likeness (QED) is 0.617. The lowest BCUT2D eigenvalue weighted by atomic mass is 10.1. The van der Waals surface area contributed by atoms with Gasteiger partial charge in [0.25, 0.3) is 0 Å².